The maximum atomic E-state index is 12.3. The maximum absolute atomic E-state index is 12.3. The average Bonchev–Trinajstić information content (AvgIpc) is 2.59. The van der Waals surface area contributed by atoms with Crippen LogP contribution in [0.1, 0.15) is 37.9 Å². The minimum absolute atomic E-state index is 0.0701. The minimum Gasteiger partial charge on any atom is -0.497 e. The van der Waals surface area contributed by atoms with Crippen LogP contribution in [0, 0.1) is 0 Å². The third-order valence-corrected chi connectivity index (χ3v) is 4.24. The van der Waals surface area contributed by atoms with E-state index in [9.17, 15) is 4.79 Å². The van der Waals surface area contributed by atoms with Crippen molar-refractivity contribution in [3.8, 4) is 11.5 Å². The highest BCUT2D eigenvalue weighted by atomic mass is 16.5. The van der Waals surface area contributed by atoms with E-state index in [1.807, 2.05) is 48.5 Å². The van der Waals surface area contributed by atoms with Crippen LogP contribution in [0.2, 0.25) is 0 Å². The maximum Gasteiger partial charge on any atom is 0.309 e. The van der Waals surface area contributed by atoms with E-state index in [4.69, 9.17) is 9.47 Å². The number of rotatable bonds is 6. The first-order valence-corrected chi connectivity index (χ1v) is 8.13. The van der Waals surface area contributed by atoms with Crippen LogP contribution < -0.4 is 14.4 Å². The van der Waals surface area contributed by atoms with Crippen molar-refractivity contribution in [2.75, 3.05) is 14.2 Å². The lowest BCUT2D eigenvalue weighted by atomic mass is 9.95. The molecule has 1 amide bonds. The number of hydrogen-bond donors (Lipinski definition) is 1. The summed E-state index contributed by atoms with van der Waals surface area (Å²) < 4.78 is 10.5. The Bertz CT molecular complexity index is 615. The number of carbonyl (C=O) groups is 1. The van der Waals surface area contributed by atoms with E-state index in [2.05, 4.69) is 13.8 Å². The van der Waals surface area contributed by atoms with E-state index in [0.717, 1.165) is 27.5 Å². The van der Waals surface area contributed by atoms with Crippen LogP contribution in [-0.2, 0) is 4.79 Å². The molecule has 0 saturated heterocycles. The van der Waals surface area contributed by atoms with Crippen molar-refractivity contribution in [2.24, 2.45) is 0 Å². The van der Waals surface area contributed by atoms with Gasteiger partial charge in [0.15, 0.2) is 0 Å². The van der Waals surface area contributed by atoms with Gasteiger partial charge in [-0.05, 0) is 62.4 Å². The molecule has 4 nitrogen and oxygen atoms in total. The van der Waals surface area contributed by atoms with E-state index in [-0.39, 0.29) is 18.0 Å². The Kier molecular flexibility index (Phi) is 5.99. The fraction of sp³-hybridized carbons (Fsp3) is 0.350. The molecule has 0 aliphatic rings. The molecule has 1 unspecified atom stereocenters. The van der Waals surface area contributed by atoms with Gasteiger partial charge in [0, 0.05) is 11.1 Å². The van der Waals surface area contributed by atoms with Gasteiger partial charge in [-0.2, -0.15) is 0 Å². The second-order valence-corrected chi connectivity index (χ2v) is 6.15. The van der Waals surface area contributed by atoms with Crippen LogP contribution >= 0.6 is 0 Å². The van der Waals surface area contributed by atoms with Crippen LogP contribution in [-0.4, -0.2) is 26.2 Å². The smallest absolute Gasteiger partial charge is 0.309 e. The SMILES string of the molecule is COc1ccc(C(c2ccc(OC)cc2)[NH+](C(C)=O)C(C)C)cc1. The van der Waals surface area contributed by atoms with Crippen molar-refractivity contribution < 1.29 is 19.2 Å². The lowest BCUT2D eigenvalue weighted by molar-refractivity contribution is -0.869. The number of ether oxygens (including phenoxy) is 2. The van der Waals surface area contributed by atoms with Crippen molar-refractivity contribution in [3.63, 3.8) is 0 Å². The second-order valence-electron chi connectivity index (χ2n) is 6.15. The summed E-state index contributed by atoms with van der Waals surface area (Å²) in [6, 6.07) is 15.9. The summed E-state index contributed by atoms with van der Waals surface area (Å²) in [6.45, 7) is 5.78. The molecule has 0 spiro atoms. The zero-order chi connectivity index (χ0) is 17.7. The van der Waals surface area contributed by atoms with Gasteiger partial charge in [-0.1, -0.05) is 0 Å². The van der Waals surface area contributed by atoms with E-state index < -0.39 is 0 Å². The highest BCUT2D eigenvalue weighted by molar-refractivity contribution is 5.64. The summed E-state index contributed by atoms with van der Waals surface area (Å²) in [4.78, 5) is 13.2. The van der Waals surface area contributed by atoms with Gasteiger partial charge in [-0.25, -0.2) is 4.79 Å². The molecular weight excluding hydrogens is 302 g/mol. The fourth-order valence-corrected chi connectivity index (χ4v) is 3.09. The highest BCUT2D eigenvalue weighted by Gasteiger charge is 2.32. The number of carbonyl (C=O) groups excluding carboxylic acids is 1. The lowest BCUT2D eigenvalue weighted by Crippen LogP contribution is -3.17. The Hall–Kier alpha value is -2.33. The average molecular weight is 328 g/mol. The number of quaternary nitrogens is 1. The molecule has 0 fully saturated rings. The molecular formula is C20H26NO3+. The summed E-state index contributed by atoms with van der Waals surface area (Å²) in [7, 11) is 3.30. The molecule has 2 aromatic carbocycles. The highest BCUT2D eigenvalue weighted by Crippen LogP contribution is 2.24. The normalized spacial score (nSPS) is 12.3. The van der Waals surface area contributed by atoms with Crippen molar-refractivity contribution in [1.82, 2.24) is 0 Å². The Morgan fingerprint density at radius 1 is 0.833 bits per heavy atom. The molecule has 1 atom stereocenters. The Balaban J connectivity index is 2.51. The zero-order valence-corrected chi connectivity index (χ0v) is 15.0. The summed E-state index contributed by atoms with van der Waals surface area (Å²) >= 11 is 0. The minimum atomic E-state index is -0.0701. The molecule has 0 bridgehead atoms. The van der Waals surface area contributed by atoms with Crippen LogP contribution in [0.3, 0.4) is 0 Å². The van der Waals surface area contributed by atoms with Crippen molar-refractivity contribution in [2.45, 2.75) is 32.9 Å². The lowest BCUT2D eigenvalue weighted by Gasteiger charge is -2.29. The van der Waals surface area contributed by atoms with Gasteiger partial charge >= 0.3 is 5.91 Å². The number of amides is 1. The molecule has 0 aliphatic heterocycles. The topological polar surface area (TPSA) is 40.0 Å². The third kappa shape index (κ3) is 3.95. The second kappa shape index (κ2) is 7.97. The fourth-order valence-electron chi connectivity index (χ4n) is 3.09. The number of hydrogen-bond acceptors (Lipinski definition) is 3. The van der Waals surface area contributed by atoms with Gasteiger partial charge in [-0.3, -0.25) is 4.90 Å². The van der Waals surface area contributed by atoms with Crippen LogP contribution in [0.25, 0.3) is 0 Å². The van der Waals surface area contributed by atoms with E-state index in [0.29, 0.717) is 0 Å². The van der Waals surface area contributed by atoms with E-state index >= 15 is 0 Å². The van der Waals surface area contributed by atoms with Gasteiger partial charge < -0.3 is 9.47 Å². The van der Waals surface area contributed by atoms with Gasteiger partial charge in [0.25, 0.3) is 0 Å². The quantitative estimate of drug-likeness (QED) is 0.886. The summed E-state index contributed by atoms with van der Waals surface area (Å²) in [5, 5.41) is 0. The Morgan fingerprint density at radius 3 is 1.46 bits per heavy atom. The molecule has 0 saturated carbocycles. The zero-order valence-electron chi connectivity index (χ0n) is 15.0. The summed E-state index contributed by atoms with van der Waals surface area (Å²) in [5.74, 6) is 1.74. The molecule has 0 aromatic heterocycles. The predicted molar refractivity (Wildman–Crippen MR) is 94.6 cm³/mol. The first kappa shape index (κ1) is 18.0. The van der Waals surface area contributed by atoms with Gasteiger partial charge in [-0.15, -0.1) is 0 Å². The van der Waals surface area contributed by atoms with Crippen LogP contribution in [0.5, 0.6) is 11.5 Å². The van der Waals surface area contributed by atoms with Crippen molar-refractivity contribution >= 4 is 5.91 Å². The van der Waals surface area contributed by atoms with Crippen molar-refractivity contribution in [3.05, 3.63) is 59.7 Å². The van der Waals surface area contributed by atoms with Gasteiger partial charge in [0.05, 0.1) is 27.2 Å². The monoisotopic (exact) mass is 328 g/mol. The number of methoxy groups -OCH3 is 2. The van der Waals surface area contributed by atoms with Crippen molar-refractivity contribution in [1.29, 1.82) is 0 Å². The van der Waals surface area contributed by atoms with Gasteiger partial charge in [0.1, 0.15) is 17.5 Å². The van der Waals surface area contributed by atoms with E-state index in [1.165, 1.54) is 0 Å². The molecule has 2 rings (SSSR count). The number of benzene rings is 2. The summed E-state index contributed by atoms with van der Waals surface area (Å²) in [5.41, 5.74) is 2.17. The molecule has 24 heavy (non-hydrogen) atoms. The third-order valence-electron chi connectivity index (χ3n) is 4.24. The Labute approximate surface area is 144 Å². The van der Waals surface area contributed by atoms with Crippen LogP contribution in [0.4, 0.5) is 0 Å². The standard InChI is InChI=1S/C20H25NO3/c1-14(2)21(15(3)22)20(16-6-10-18(23-4)11-7-16)17-8-12-19(24-5)13-9-17/h6-14,20H,1-5H3/p+1. The van der Waals surface area contributed by atoms with E-state index in [1.54, 1.807) is 21.1 Å². The molecule has 2 aromatic rings. The molecule has 0 radical (unpaired) electrons. The molecule has 1 N–H and O–H groups in total. The van der Waals surface area contributed by atoms with Crippen LogP contribution in [0.15, 0.2) is 48.5 Å². The summed E-state index contributed by atoms with van der Waals surface area (Å²) in [6.07, 6.45) is 0. The molecule has 4 heteroatoms. The Morgan fingerprint density at radius 2 is 1.21 bits per heavy atom. The van der Waals surface area contributed by atoms with Gasteiger partial charge in [0.2, 0.25) is 0 Å². The molecule has 128 valence electrons. The number of nitrogens with one attached hydrogen (secondary N) is 1. The first-order valence-electron chi connectivity index (χ1n) is 8.13. The molecule has 0 heterocycles. The predicted octanol–water partition coefficient (Wildman–Crippen LogP) is 2.63. The first-order chi connectivity index (χ1) is 11.5. The largest absolute Gasteiger partial charge is 0.497 e. The molecule has 0 aliphatic carbocycles.